The highest BCUT2D eigenvalue weighted by Crippen LogP contribution is 2.39. The molecule has 1 fully saturated rings. The van der Waals surface area contributed by atoms with E-state index >= 15 is 0 Å². The first-order valence-corrected chi connectivity index (χ1v) is 6.20. The summed E-state index contributed by atoms with van der Waals surface area (Å²) in [5.74, 6) is -0.517. The predicted octanol–water partition coefficient (Wildman–Crippen LogP) is 3.26. The minimum atomic E-state index is -0.652. The third-order valence-corrected chi connectivity index (χ3v) is 3.89. The van der Waals surface area contributed by atoms with Crippen molar-refractivity contribution in [2.45, 2.75) is 32.2 Å². The highest BCUT2D eigenvalue weighted by molar-refractivity contribution is 5.79. The van der Waals surface area contributed by atoms with Crippen molar-refractivity contribution in [2.24, 2.45) is 5.92 Å². The van der Waals surface area contributed by atoms with Crippen LogP contribution in [0.4, 0.5) is 14.7 Å². The van der Waals surface area contributed by atoms with Crippen molar-refractivity contribution in [3.05, 3.63) is 23.8 Å². The van der Waals surface area contributed by atoms with Crippen molar-refractivity contribution < 1.29 is 8.78 Å². The van der Waals surface area contributed by atoms with Gasteiger partial charge in [0.1, 0.15) is 11.3 Å². The van der Waals surface area contributed by atoms with E-state index in [2.05, 4.69) is 11.9 Å². The van der Waals surface area contributed by atoms with E-state index in [-0.39, 0.29) is 17.5 Å². The average Bonchev–Trinajstić information content (AvgIpc) is 2.82. The van der Waals surface area contributed by atoms with Gasteiger partial charge < -0.3 is 10.3 Å². The van der Waals surface area contributed by atoms with E-state index in [4.69, 9.17) is 5.73 Å². The van der Waals surface area contributed by atoms with E-state index in [0.717, 1.165) is 25.3 Å². The number of rotatable bonds is 1. The number of fused-ring (bicyclic) bond motifs is 1. The Morgan fingerprint density at radius 3 is 2.78 bits per heavy atom. The molecule has 0 spiro atoms. The van der Waals surface area contributed by atoms with Crippen LogP contribution in [-0.4, -0.2) is 9.55 Å². The van der Waals surface area contributed by atoms with E-state index < -0.39 is 11.6 Å². The molecule has 1 aromatic heterocycles. The Morgan fingerprint density at radius 1 is 1.33 bits per heavy atom. The lowest BCUT2D eigenvalue weighted by molar-refractivity contribution is 0.420. The molecule has 1 heterocycles. The van der Waals surface area contributed by atoms with Gasteiger partial charge >= 0.3 is 0 Å². The van der Waals surface area contributed by atoms with Crippen LogP contribution in [-0.2, 0) is 0 Å². The highest BCUT2D eigenvalue weighted by Gasteiger charge is 2.28. The Balaban J connectivity index is 2.25. The minimum Gasteiger partial charge on any atom is -0.369 e. The maximum Gasteiger partial charge on any atom is 0.201 e. The first-order chi connectivity index (χ1) is 8.58. The fourth-order valence-electron chi connectivity index (χ4n) is 3.00. The third-order valence-electron chi connectivity index (χ3n) is 3.89. The molecular weight excluding hydrogens is 236 g/mol. The molecule has 1 saturated carbocycles. The Labute approximate surface area is 104 Å². The van der Waals surface area contributed by atoms with Gasteiger partial charge in [-0.25, -0.2) is 13.8 Å². The SMILES string of the molecule is CC1CCCC1n1c(N)nc2c(F)cc(F)cc21. The molecule has 0 amide bonds. The van der Waals surface area contributed by atoms with Crippen LogP contribution >= 0.6 is 0 Å². The minimum absolute atomic E-state index is 0.160. The van der Waals surface area contributed by atoms with Crippen LogP contribution in [0.5, 0.6) is 0 Å². The van der Waals surface area contributed by atoms with Gasteiger partial charge in [0.15, 0.2) is 5.82 Å². The smallest absolute Gasteiger partial charge is 0.201 e. The number of anilines is 1. The van der Waals surface area contributed by atoms with E-state index in [9.17, 15) is 8.78 Å². The van der Waals surface area contributed by atoms with Crippen LogP contribution < -0.4 is 5.73 Å². The monoisotopic (exact) mass is 251 g/mol. The lowest BCUT2D eigenvalue weighted by Crippen LogP contribution is -2.14. The molecule has 2 unspecified atom stereocenters. The molecule has 18 heavy (non-hydrogen) atoms. The van der Waals surface area contributed by atoms with Crippen molar-refractivity contribution in [1.82, 2.24) is 9.55 Å². The van der Waals surface area contributed by atoms with Gasteiger partial charge in [0, 0.05) is 18.2 Å². The number of nitrogens with two attached hydrogens (primary N) is 1. The van der Waals surface area contributed by atoms with Gasteiger partial charge in [0.25, 0.3) is 0 Å². The van der Waals surface area contributed by atoms with E-state index in [1.165, 1.54) is 6.07 Å². The molecule has 3 rings (SSSR count). The number of halogens is 2. The summed E-state index contributed by atoms with van der Waals surface area (Å²) < 4.78 is 28.8. The third kappa shape index (κ3) is 1.57. The lowest BCUT2D eigenvalue weighted by atomic mass is 10.1. The maximum atomic E-state index is 13.7. The summed E-state index contributed by atoms with van der Waals surface area (Å²) >= 11 is 0. The Hall–Kier alpha value is -1.65. The zero-order valence-corrected chi connectivity index (χ0v) is 10.2. The second-order valence-corrected chi connectivity index (χ2v) is 5.07. The number of imidazole rings is 1. The summed E-state index contributed by atoms with van der Waals surface area (Å²) in [5.41, 5.74) is 6.50. The molecule has 1 aliphatic carbocycles. The zero-order valence-electron chi connectivity index (χ0n) is 10.2. The molecule has 1 aromatic carbocycles. The summed E-state index contributed by atoms with van der Waals surface area (Å²) in [6.07, 6.45) is 3.21. The van der Waals surface area contributed by atoms with E-state index in [1.54, 1.807) is 4.57 Å². The average molecular weight is 251 g/mol. The summed E-state index contributed by atoms with van der Waals surface area (Å²) in [6.45, 7) is 2.14. The van der Waals surface area contributed by atoms with Crippen LogP contribution in [0.25, 0.3) is 11.0 Å². The first-order valence-electron chi connectivity index (χ1n) is 6.20. The zero-order chi connectivity index (χ0) is 12.9. The number of nitrogen functional groups attached to an aromatic ring is 1. The van der Waals surface area contributed by atoms with Crippen LogP contribution in [0, 0.1) is 17.6 Å². The van der Waals surface area contributed by atoms with Gasteiger partial charge in [-0.1, -0.05) is 13.3 Å². The summed E-state index contributed by atoms with van der Waals surface area (Å²) in [5, 5.41) is 0. The second-order valence-electron chi connectivity index (χ2n) is 5.07. The second kappa shape index (κ2) is 3.93. The Kier molecular flexibility index (Phi) is 2.50. The van der Waals surface area contributed by atoms with Crippen molar-refractivity contribution in [1.29, 1.82) is 0 Å². The van der Waals surface area contributed by atoms with Crippen molar-refractivity contribution in [2.75, 3.05) is 5.73 Å². The molecule has 1 aliphatic rings. The van der Waals surface area contributed by atoms with Gasteiger partial charge in [-0.3, -0.25) is 0 Å². The molecule has 0 bridgehead atoms. The number of aromatic nitrogens is 2. The molecule has 96 valence electrons. The van der Waals surface area contributed by atoms with Crippen molar-refractivity contribution in [3.8, 4) is 0 Å². The molecule has 3 nitrogen and oxygen atoms in total. The quantitative estimate of drug-likeness (QED) is 0.845. The van der Waals surface area contributed by atoms with Crippen molar-refractivity contribution in [3.63, 3.8) is 0 Å². The fraction of sp³-hybridized carbons (Fsp3) is 0.462. The molecule has 2 N–H and O–H groups in total. The molecule has 0 radical (unpaired) electrons. The fourth-order valence-corrected chi connectivity index (χ4v) is 3.00. The summed E-state index contributed by atoms with van der Waals surface area (Å²) in [6, 6.07) is 2.35. The summed E-state index contributed by atoms with van der Waals surface area (Å²) in [7, 11) is 0. The van der Waals surface area contributed by atoms with Gasteiger partial charge in [0.2, 0.25) is 5.95 Å². The highest BCUT2D eigenvalue weighted by atomic mass is 19.1. The van der Waals surface area contributed by atoms with Crippen LogP contribution in [0.2, 0.25) is 0 Å². The van der Waals surface area contributed by atoms with Crippen LogP contribution in [0.1, 0.15) is 32.2 Å². The molecule has 2 aromatic rings. The number of hydrogen-bond donors (Lipinski definition) is 1. The van der Waals surface area contributed by atoms with Crippen molar-refractivity contribution >= 4 is 17.0 Å². The Morgan fingerprint density at radius 2 is 2.11 bits per heavy atom. The van der Waals surface area contributed by atoms with Gasteiger partial charge in [-0.2, -0.15) is 0 Å². The number of benzene rings is 1. The van der Waals surface area contributed by atoms with E-state index in [1.807, 2.05) is 0 Å². The van der Waals surface area contributed by atoms with Gasteiger partial charge in [-0.05, 0) is 18.8 Å². The van der Waals surface area contributed by atoms with Gasteiger partial charge in [0.05, 0.1) is 5.52 Å². The number of nitrogens with zero attached hydrogens (tertiary/aromatic N) is 2. The predicted molar refractivity (Wildman–Crippen MR) is 66.1 cm³/mol. The molecule has 0 saturated heterocycles. The standard InChI is InChI=1S/C13H15F2N3/c1-7-3-2-4-10(7)18-11-6-8(14)5-9(15)12(11)17-13(18)16/h5-7,10H,2-4H2,1H3,(H2,16,17). The lowest BCUT2D eigenvalue weighted by Gasteiger charge is -2.19. The topological polar surface area (TPSA) is 43.8 Å². The Bertz CT molecular complexity index is 606. The maximum absolute atomic E-state index is 13.7. The number of hydrogen-bond acceptors (Lipinski definition) is 2. The van der Waals surface area contributed by atoms with Crippen LogP contribution in [0.3, 0.4) is 0 Å². The first kappa shape index (κ1) is 11.4. The largest absolute Gasteiger partial charge is 0.369 e. The van der Waals surface area contributed by atoms with Gasteiger partial charge in [-0.15, -0.1) is 0 Å². The molecule has 5 heteroatoms. The van der Waals surface area contributed by atoms with E-state index in [0.29, 0.717) is 11.4 Å². The normalized spacial score (nSPS) is 23.9. The van der Waals surface area contributed by atoms with Crippen LogP contribution in [0.15, 0.2) is 12.1 Å². The molecule has 0 aliphatic heterocycles. The molecular formula is C13H15F2N3. The molecule has 2 atom stereocenters. The summed E-state index contributed by atoms with van der Waals surface area (Å²) in [4.78, 5) is 4.03.